The Balaban J connectivity index is 0.000000251. The minimum atomic E-state index is -2.46. The summed E-state index contributed by atoms with van der Waals surface area (Å²) in [6, 6.07) is 32.4. The van der Waals surface area contributed by atoms with Crippen molar-refractivity contribution in [2.24, 2.45) is 0 Å². The van der Waals surface area contributed by atoms with Crippen molar-refractivity contribution in [1.29, 1.82) is 0 Å². The molecule has 4 aromatic carbocycles. The van der Waals surface area contributed by atoms with E-state index in [0.29, 0.717) is 35.6 Å². The van der Waals surface area contributed by atoms with E-state index in [1.54, 1.807) is 57.3 Å². The number of alkyl halides is 1. The Kier molecular flexibility index (Phi) is 28.9. The van der Waals surface area contributed by atoms with Gasteiger partial charge in [-0.2, -0.15) is 9.97 Å². The summed E-state index contributed by atoms with van der Waals surface area (Å²) in [7, 11) is -0.488. The monoisotopic (exact) mass is 1320 g/mol. The first kappa shape index (κ1) is 73.0. The average Bonchev–Trinajstić information content (AvgIpc) is 2.90. The SMILES string of the molecule is C=CC(=O)Cl.C=CC(Cl)Nc1cc(Nc2nccc(Nc3ccccc3P(C)(C)=O)n2)ccc1N1CCC(N2CCN(C)CC2)CC1.CN1CCN(C2CCN(c3ccc(Nc4nccc(Nc5ccccc5P(C)(C)=O)n4)cc3N)CC2)CC1.O=CO[O-].[Na+]. The third-order valence-corrected chi connectivity index (χ3v) is 19.3. The fourth-order valence-electron chi connectivity index (χ4n) is 11.1. The number of anilines is 12. The van der Waals surface area contributed by atoms with Crippen LogP contribution in [0.2, 0.25) is 0 Å². The minimum Gasteiger partial charge on any atom is -0.662 e. The van der Waals surface area contributed by atoms with Crippen LogP contribution in [0.15, 0.2) is 135 Å². The van der Waals surface area contributed by atoms with Gasteiger partial charge >= 0.3 is 29.6 Å². The summed E-state index contributed by atoms with van der Waals surface area (Å²) in [4.78, 5) is 53.8. The number of benzene rings is 4. The van der Waals surface area contributed by atoms with Crippen molar-refractivity contribution in [2.75, 3.05) is 161 Å². The number of nitrogens with zero attached hydrogens (tertiary/aromatic N) is 10. The minimum absolute atomic E-state index is 0. The molecule has 0 radical (unpaired) electrons. The number of allylic oxidation sites excluding steroid dienone is 1. The standard InChI is InChI=1S/C31H42ClN8OP.C28H39N8OP.C3H3ClO.CH2O3.Na/c1-5-29(32)35-26-22-23(10-11-27(26)40-16-13-24(14-17-40)39-20-18-38(2)19-21-39)34-31-33-15-12-30(37-31)36-25-8-6-7-9-28(25)42(3,4)41;1-34-16-18-35(19-17-34)22-11-14-36(15-12-22)25-9-8-21(20-23(25)29)31-28-30-13-10-27(33-28)32-24-6-4-5-7-26(24)38(2,3)37;1-2-3(4)5;2-1-4-3;/h5-12,15,22,24,29,35H,1,13-14,16-21H2,2-4H3,(H2,33,34,36,37);4-10,13,20,22H,11-12,14-19,29H2,1-3H3,(H2,30,31,32,33);2H,1H2;1,3H;/q;;;;+1/p-1. The smallest absolute Gasteiger partial charge is 0.662 e. The molecule has 27 heteroatoms. The molecule has 0 amide bonds. The zero-order valence-electron chi connectivity index (χ0n) is 52.7. The molecule has 0 aliphatic carbocycles. The second-order valence-electron chi connectivity index (χ2n) is 22.9. The first-order valence-corrected chi connectivity index (χ1v) is 35.7. The average molecular weight is 1320 g/mol. The predicted molar refractivity (Wildman–Crippen MR) is 366 cm³/mol. The third-order valence-electron chi connectivity index (χ3n) is 15.8. The van der Waals surface area contributed by atoms with Crippen LogP contribution in [-0.4, -0.2) is 188 Å². The van der Waals surface area contributed by atoms with E-state index in [4.69, 9.17) is 39.0 Å². The Labute approximate surface area is 562 Å². The van der Waals surface area contributed by atoms with Crippen molar-refractivity contribution >= 4 is 129 Å². The number of hydrogen-bond acceptors (Lipinski definition) is 22. The van der Waals surface area contributed by atoms with Crippen LogP contribution in [0.5, 0.6) is 0 Å². The number of piperazine rings is 2. The summed E-state index contributed by atoms with van der Waals surface area (Å²) in [6.07, 6.45) is 10.8. The van der Waals surface area contributed by atoms with Gasteiger partial charge < -0.3 is 71.2 Å². The Bertz CT molecular complexity index is 3390. The number of piperidine rings is 2. The van der Waals surface area contributed by atoms with Crippen molar-refractivity contribution in [3.8, 4) is 0 Å². The van der Waals surface area contributed by atoms with Crippen LogP contribution in [0.4, 0.5) is 69.0 Å². The summed E-state index contributed by atoms with van der Waals surface area (Å²) in [6.45, 7) is 27.1. The second kappa shape index (κ2) is 35.6. The zero-order valence-corrected chi connectivity index (χ0v) is 58.0. The van der Waals surface area contributed by atoms with Crippen molar-refractivity contribution < 1.29 is 58.4 Å². The van der Waals surface area contributed by atoms with Crippen LogP contribution in [0.25, 0.3) is 0 Å². The number of halogens is 2. The number of aromatic nitrogens is 4. The van der Waals surface area contributed by atoms with E-state index in [1.807, 2.05) is 72.8 Å². The number of nitrogens with one attached hydrogen (secondary N) is 5. The number of nitrogen functional groups attached to an aromatic ring is 1. The first-order chi connectivity index (χ1) is 42.6. The molecule has 90 heavy (non-hydrogen) atoms. The zero-order chi connectivity index (χ0) is 64.1. The largest absolute Gasteiger partial charge is 1.00 e. The molecule has 1 unspecified atom stereocenters. The Morgan fingerprint density at radius 1 is 0.633 bits per heavy atom. The summed E-state index contributed by atoms with van der Waals surface area (Å²) < 4.78 is 25.5. The summed E-state index contributed by atoms with van der Waals surface area (Å²) >= 11 is 11.2. The number of rotatable bonds is 19. The van der Waals surface area contributed by atoms with E-state index in [0.717, 1.165) is 140 Å². The molecule has 6 heterocycles. The van der Waals surface area contributed by atoms with Crippen LogP contribution in [0.3, 0.4) is 0 Å². The van der Waals surface area contributed by atoms with Gasteiger partial charge in [-0.25, -0.2) is 9.97 Å². The maximum atomic E-state index is 12.8. The van der Waals surface area contributed by atoms with Gasteiger partial charge in [0, 0.05) is 125 Å². The number of nitrogens with two attached hydrogens (primary N) is 1. The normalized spacial score (nSPS) is 16.5. The van der Waals surface area contributed by atoms with Gasteiger partial charge in [0.1, 0.15) is 31.4 Å². The fourth-order valence-corrected chi connectivity index (χ4v) is 13.5. The van der Waals surface area contributed by atoms with Gasteiger partial charge in [0.05, 0.1) is 34.1 Å². The van der Waals surface area contributed by atoms with Gasteiger partial charge in [-0.15, -0.1) is 0 Å². The van der Waals surface area contributed by atoms with Crippen LogP contribution in [0.1, 0.15) is 25.7 Å². The summed E-state index contributed by atoms with van der Waals surface area (Å²) in [5.74, 6) is 2.14. The van der Waals surface area contributed by atoms with Crippen molar-refractivity contribution in [1.82, 2.24) is 39.5 Å². The molecule has 4 aliphatic heterocycles. The Morgan fingerprint density at radius 3 is 1.42 bits per heavy atom. The summed E-state index contributed by atoms with van der Waals surface area (Å²) in [5, 5.41) is 26.1. The number of carbonyl (C=O) groups excluding carboxylic acids is 2. The first-order valence-electron chi connectivity index (χ1n) is 29.6. The molecule has 22 nitrogen and oxygen atoms in total. The van der Waals surface area contributed by atoms with E-state index < -0.39 is 25.0 Å². The Hall–Kier alpha value is -6.10. The van der Waals surface area contributed by atoms with Crippen LogP contribution in [0, 0.1) is 0 Å². The van der Waals surface area contributed by atoms with E-state index in [-0.39, 0.29) is 36.0 Å². The van der Waals surface area contributed by atoms with Crippen molar-refractivity contribution in [2.45, 2.75) is 43.3 Å². The van der Waals surface area contributed by atoms with Gasteiger partial charge in [-0.1, -0.05) is 55.1 Å². The molecular weight excluding hydrogens is 1230 g/mol. The molecule has 10 rings (SSSR count). The maximum absolute atomic E-state index is 12.8. The topological polar surface area (TPSA) is 258 Å². The molecule has 2 aromatic heterocycles. The van der Waals surface area contributed by atoms with Crippen molar-refractivity contribution in [3.05, 3.63) is 135 Å². The van der Waals surface area contributed by atoms with E-state index >= 15 is 0 Å². The second-order valence-corrected chi connectivity index (χ2v) is 30.1. The maximum Gasteiger partial charge on any atom is 1.00 e. The molecule has 6 aromatic rings. The molecule has 0 spiro atoms. The van der Waals surface area contributed by atoms with Gasteiger partial charge in [-0.05, 0) is 157 Å². The molecule has 478 valence electrons. The molecule has 4 saturated heterocycles. The third kappa shape index (κ3) is 22.3. The van der Waals surface area contributed by atoms with Crippen molar-refractivity contribution in [3.63, 3.8) is 0 Å². The molecule has 4 aliphatic rings. The quantitative estimate of drug-likeness (QED) is 0.00466. The number of carbonyl (C=O) groups is 2. The van der Waals surface area contributed by atoms with E-state index in [9.17, 15) is 13.9 Å². The molecule has 7 N–H and O–H groups in total. The fraction of sp³-hybridized carbons (Fsp3) is 0.397. The van der Waals surface area contributed by atoms with E-state index in [1.165, 1.54) is 25.9 Å². The van der Waals surface area contributed by atoms with Crippen LogP contribution in [-0.2, 0) is 23.6 Å². The number of likely N-dealkylation sites (N-methyl/N-ethyl adjacent to an activating group) is 2. The van der Waals surface area contributed by atoms with Crippen LogP contribution < -0.4 is 87.5 Å². The van der Waals surface area contributed by atoms with Gasteiger partial charge in [-0.3, -0.25) is 19.4 Å². The predicted octanol–water partition coefficient (Wildman–Crippen LogP) is 5.98. The van der Waals surface area contributed by atoms with Gasteiger partial charge in [0.25, 0.3) is 6.47 Å². The van der Waals surface area contributed by atoms with E-state index in [2.05, 4.69) is 120 Å². The molecule has 4 fully saturated rings. The molecule has 0 saturated carbocycles. The number of hydrogen-bond donors (Lipinski definition) is 6. The van der Waals surface area contributed by atoms with Crippen LogP contribution >= 0.6 is 37.5 Å². The Morgan fingerprint density at radius 2 is 1.03 bits per heavy atom. The van der Waals surface area contributed by atoms with Gasteiger partial charge in [0.2, 0.25) is 17.1 Å². The summed E-state index contributed by atoms with van der Waals surface area (Å²) in [5.41, 5.74) is 13.2. The molecular formula is C63H85Cl2N16NaO6P2. The molecule has 1 atom stereocenters. The van der Waals surface area contributed by atoms with Gasteiger partial charge in [0.15, 0.2) is 0 Å². The molecule has 0 bridgehead atoms. The number of para-hydroxylation sites is 2.